The van der Waals surface area contributed by atoms with Crippen molar-refractivity contribution in [3.8, 4) is 11.5 Å². The number of phenols is 2. The van der Waals surface area contributed by atoms with Crippen LogP contribution in [0.1, 0.15) is 164 Å². The molecule has 115 heavy (non-hydrogen) atoms. The molecule has 0 aliphatic heterocycles. The third-order valence-corrected chi connectivity index (χ3v) is 14.9. The highest BCUT2D eigenvalue weighted by molar-refractivity contribution is 5.97. The number of carboxylic acid groups (broad SMARTS) is 1. The van der Waals surface area contributed by atoms with Gasteiger partial charge in [0.05, 0.1) is 62.5 Å². The highest BCUT2D eigenvalue weighted by Gasteiger charge is 2.26. The molecule has 11 rings (SSSR count). The summed E-state index contributed by atoms with van der Waals surface area (Å²) in [6, 6.07) is 28.9. The van der Waals surface area contributed by atoms with Crippen molar-refractivity contribution >= 4 is 47.3 Å². The summed E-state index contributed by atoms with van der Waals surface area (Å²) in [5.41, 5.74) is 7.45. The standard InChI is InChI=1S/C16H20N4O4.C15H18N4O4.C10H15N5O4.C10H11N3O.C10H11N3.C6H11N3.C5H7N3O.2C2H6/c1-10(2)20-9-14(18-19-20)15(22)17-13(16(23)24-3)8-11-4-6-12(21)7-5-11;1-19-9-11(17-18-19)8-14(21)16-13(15(22)23-2)7-10-3-5-12(20)6-4-10;1-5(8(16)12-6(2)10(18)19)11-9(17)7-4-15(3)14-13-7;1-13-7-9(11-12-13)10(14)8-5-3-2-4-6-8;1-13-8-10(11-12-13)7-9-5-3-2-4-6-9;1-3-4-6-5-9(2)8-7-6;1-4(9)5-3-8(2)7-6-5;2*1-2/h4-7,9-10,13,21H,8H2,1-3H3,(H,17,22);3-6,9,13,20H,7-8H2,1-2H3,(H,16,21);4-6H,1-3H3,(H,11,17)(H,12,16)(H,18,19);2-7,10,14H,1H3;2-6,8H,7H2,1H3;5H,3-4H2,1-2H3;3H,1-2H3;2*1-2H3. The van der Waals surface area contributed by atoms with Crippen molar-refractivity contribution in [3.63, 3.8) is 0 Å². The van der Waals surface area contributed by atoms with Gasteiger partial charge in [0.2, 0.25) is 11.8 Å². The second kappa shape index (κ2) is 51.0. The summed E-state index contributed by atoms with van der Waals surface area (Å²) >= 11 is 0. The lowest BCUT2D eigenvalue weighted by atomic mass is 10.1. The topological polar surface area (TPSA) is 499 Å². The Morgan fingerprint density at radius 3 is 1.28 bits per heavy atom. The van der Waals surface area contributed by atoms with Crippen LogP contribution in [0.2, 0.25) is 0 Å². The number of benzene rings is 4. The molecule has 0 saturated carbocycles. The molecule has 7 aromatic heterocycles. The second-order valence-corrected chi connectivity index (χ2v) is 24.9. The maximum absolute atomic E-state index is 12.3. The monoisotopic (exact) mass is 1590 g/mol. The Balaban J connectivity index is 0.000000353. The molecule has 5 atom stereocenters. The SMILES string of the molecule is CC.CC.CC(=O)c1cn(C)nn1.CC(NC(=O)C(C)NC(=O)c1cn(C)nn1)C(=O)O.CCCc1cn(C)nn1.COC(=O)C(Cc1ccc(O)cc1)NC(=O)Cc1cn(C)nn1.COC(=O)C(Cc1ccc(O)cc1)NC(=O)c1cn(C(C)C)nn1.Cn1cc(C(O)c2ccccc2)nn1.Cn1cc(Cc2ccccc2)nn1. The number of carboxylic acids is 1. The normalized spacial score (nSPS) is 11.4. The van der Waals surface area contributed by atoms with Crippen LogP contribution < -0.4 is 21.3 Å². The van der Waals surface area contributed by atoms with Gasteiger partial charge in [-0.25, -0.2) is 14.3 Å². The Bertz CT molecular complexity index is 4690. The van der Waals surface area contributed by atoms with E-state index >= 15 is 0 Å². The first-order valence-corrected chi connectivity index (χ1v) is 36.3. The minimum absolute atomic E-state index is 0.0247. The van der Waals surface area contributed by atoms with Crippen LogP contribution in [0.4, 0.5) is 0 Å². The lowest BCUT2D eigenvalue weighted by molar-refractivity contribution is -0.145. The minimum atomic E-state index is -1.15. The molecule has 8 N–H and O–H groups in total. The van der Waals surface area contributed by atoms with E-state index in [4.69, 9.17) is 14.6 Å². The molecule has 0 spiro atoms. The lowest BCUT2D eigenvalue weighted by Gasteiger charge is -2.16. The predicted molar refractivity (Wildman–Crippen MR) is 420 cm³/mol. The van der Waals surface area contributed by atoms with Gasteiger partial charge in [-0.3, -0.25) is 56.9 Å². The second-order valence-electron chi connectivity index (χ2n) is 24.9. The number of amides is 4. The fourth-order valence-electron chi connectivity index (χ4n) is 9.20. The summed E-state index contributed by atoms with van der Waals surface area (Å²) in [6.45, 7) is 18.2. The zero-order valence-corrected chi connectivity index (χ0v) is 67.9. The Morgan fingerprint density at radius 1 is 0.452 bits per heavy atom. The van der Waals surface area contributed by atoms with Crippen LogP contribution >= 0.6 is 0 Å². The number of carbonyl (C=O) groups is 8. The summed E-state index contributed by atoms with van der Waals surface area (Å²) < 4.78 is 20.4. The number of aliphatic hydroxyl groups excluding tert-OH is 1. The number of phenolic OH excluding ortho intramolecular Hbond substituents is 2. The molecule has 0 fully saturated rings. The molecule has 0 radical (unpaired) electrons. The number of hydrogen-bond donors (Lipinski definition) is 8. The molecule has 0 aliphatic carbocycles. The molecule has 0 aliphatic rings. The zero-order chi connectivity index (χ0) is 85.7. The van der Waals surface area contributed by atoms with Gasteiger partial charge in [0.25, 0.3) is 11.8 Å². The van der Waals surface area contributed by atoms with Crippen LogP contribution in [-0.2, 0) is 108 Å². The van der Waals surface area contributed by atoms with E-state index in [-0.39, 0.29) is 59.9 Å². The maximum atomic E-state index is 12.3. The van der Waals surface area contributed by atoms with Crippen molar-refractivity contribution in [1.29, 1.82) is 0 Å². The molecule has 0 saturated heterocycles. The lowest BCUT2D eigenvalue weighted by Crippen LogP contribution is -2.49. The van der Waals surface area contributed by atoms with Gasteiger partial charge in [-0.2, -0.15) is 0 Å². The number of carbonyl (C=O) groups excluding carboxylic acids is 7. The van der Waals surface area contributed by atoms with Gasteiger partial charge in [-0.05, 0) is 80.6 Å². The van der Waals surface area contributed by atoms with Gasteiger partial charge < -0.3 is 51.2 Å². The number of methoxy groups -OCH3 is 2. The van der Waals surface area contributed by atoms with E-state index < -0.39 is 65.9 Å². The van der Waals surface area contributed by atoms with Crippen LogP contribution in [0, 0.1) is 0 Å². The minimum Gasteiger partial charge on any atom is -0.508 e. The number of aromatic hydroxyl groups is 2. The molecule has 11 aromatic rings. The van der Waals surface area contributed by atoms with Crippen molar-refractivity contribution in [2.75, 3.05) is 14.2 Å². The first-order chi connectivity index (χ1) is 54.8. The van der Waals surface area contributed by atoms with Crippen LogP contribution in [0.3, 0.4) is 0 Å². The summed E-state index contributed by atoms with van der Waals surface area (Å²) in [7, 11) is 13.1. The average molecular weight is 1590 g/mol. The largest absolute Gasteiger partial charge is 0.508 e. The van der Waals surface area contributed by atoms with Crippen LogP contribution in [0.5, 0.6) is 11.5 Å². The number of aromatic nitrogens is 21. The van der Waals surface area contributed by atoms with E-state index in [2.05, 4.69) is 113 Å². The van der Waals surface area contributed by atoms with Crippen molar-refractivity contribution in [2.24, 2.45) is 42.3 Å². The number of aryl methyl sites for hydroxylation is 7. The van der Waals surface area contributed by atoms with Crippen LogP contribution in [0.15, 0.2) is 153 Å². The maximum Gasteiger partial charge on any atom is 0.328 e. The number of esters is 2. The number of aliphatic hydroxyl groups is 1. The summed E-state index contributed by atoms with van der Waals surface area (Å²) in [4.78, 5) is 92.5. The van der Waals surface area contributed by atoms with Gasteiger partial charge in [-0.1, -0.05) is 162 Å². The van der Waals surface area contributed by atoms with E-state index in [1.807, 2.05) is 117 Å². The molecule has 5 unspecified atom stereocenters. The Hall–Kier alpha value is -13.6. The molecule has 39 nitrogen and oxygen atoms in total. The third kappa shape index (κ3) is 36.0. The van der Waals surface area contributed by atoms with Crippen LogP contribution in [-0.4, -0.2) is 211 Å². The summed E-state index contributed by atoms with van der Waals surface area (Å²) in [5.74, 6) is -4.04. The Labute approximate surface area is 665 Å². The molecule has 39 heteroatoms. The molecular weight excluding hydrogens is 1490 g/mol. The number of ketones is 1. The van der Waals surface area contributed by atoms with Crippen molar-refractivity contribution < 1.29 is 68.3 Å². The van der Waals surface area contributed by atoms with E-state index in [0.29, 0.717) is 17.1 Å². The number of Topliss-reactive ketones (excluding diaryl/α,β-unsaturated/α-hetero) is 1. The van der Waals surface area contributed by atoms with Gasteiger partial charge in [0.1, 0.15) is 53.2 Å². The number of hydrogen-bond acceptors (Lipinski definition) is 27. The molecule has 4 aromatic carbocycles. The fourth-order valence-corrected chi connectivity index (χ4v) is 9.20. The first-order valence-electron chi connectivity index (χ1n) is 36.3. The quantitative estimate of drug-likeness (QED) is 0.0300. The molecular formula is C76H105N25O14. The van der Waals surface area contributed by atoms with E-state index in [1.54, 1.807) is 89.8 Å². The molecule has 0 bridgehead atoms. The number of nitrogens with zero attached hydrogens (tertiary/aromatic N) is 21. The molecule has 4 amide bonds. The van der Waals surface area contributed by atoms with Crippen molar-refractivity contribution in [1.82, 2.24) is 126 Å². The Morgan fingerprint density at radius 2 is 0.870 bits per heavy atom. The van der Waals surface area contributed by atoms with Gasteiger partial charge >= 0.3 is 17.9 Å². The average Bonchev–Trinajstić information content (AvgIpc) is 1.29. The summed E-state index contributed by atoms with van der Waals surface area (Å²) in [5, 5.41) is 99.9. The molecule has 618 valence electrons. The fraction of sp³-hybridized carbons (Fsp3) is 0.395. The van der Waals surface area contributed by atoms with Crippen molar-refractivity contribution in [2.45, 2.75) is 144 Å². The van der Waals surface area contributed by atoms with Gasteiger partial charge in [-0.15, -0.1) is 35.7 Å². The van der Waals surface area contributed by atoms with Gasteiger partial charge in [0.15, 0.2) is 17.2 Å². The number of aliphatic carboxylic acids is 1. The highest BCUT2D eigenvalue weighted by atomic mass is 16.5. The number of ether oxygens (including phenoxy) is 2. The summed E-state index contributed by atoms with van der Waals surface area (Å²) in [6.07, 6.45) is 14.6. The zero-order valence-electron chi connectivity index (χ0n) is 67.9. The predicted octanol–water partition coefficient (Wildman–Crippen LogP) is 4.71. The number of nitrogens with one attached hydrogen (secondary N) is 4. The molecule has 7 heterocycles. The smallest absolute Gasteiger partial charge is 0.328 e. The van der Waals surface area contributed by atoms with E-state index in [9.17, 15) is 53.7 Å². The van der Waals surface area contributed by atoms with E-state index in [1.165, 1.54) is 91.3 Å². The van der Waals surface area contributed by atoms with Crippen molar-refractivity contribution in [3.05, 3.63) is 215 Å². The third-order valence-electron chi connectivity index (χ3n) is 14.9. The first kappa shape index (κ1) is 95.6. The van der Waals surface area contributed by atoms with Gasteiger partial charge in [0, 0.05) is 93.1 Å². The highest BCUT2D eigenvalue weighted by Crippen LogP contribution is 2.19. The Kier molecular flexibility index (Phi) is 42.4. The van der Waals surface area contributed by atoms with Crippen LogP contribution in [0.25, 0.3) is 0 Å². The van der Waals surface area contributed by atoms with E-state index in [0.717, 1.165) is 47.3 Å². The number of rotatable bonds is 24.